The van der Waals surface area contributed by atoms with E-state index >= 15 is 0 Å². The fourth-order valence-electron chi connectivity index (χ4n) is 5.70. The van der Waals surface area contributed by atoms with Crippen LogP contribution in [0.15, 0.2) is 71.6 Å². The van der Waals surface area contributed by atoms with Gasteiger partial charge in [0, 0.05) is 25.7 Å². The minimum atomic E-state index is -5.16. The fourth-order valence-corrected chi connectivity index (χ4v) is 7.00. The Morgan fingerprint density at radius 2 is 1.61 bits per heavy atom. The van der Waals surface area contributed by atoms with Crippen LogP contribution in [-0.2, 0) is 34.1 Å². The van der Waals surface area contributed by atoms with Gasteiger partial charge in [-0.3, -0.25) is 4.79 Å². The SMILES string of the molecule is CN(C[C@H](O)CNC(C)(C)CC1Cc2ccccc2C1)S(=O)(=O)c1ccc(-c2ccc(CC(=O)O)cc2)cc1OC(F)(F)F. The average Bonchev–Trinajstić information content (AvgIpc) is 3.32. The van der Waals surface area contributed by atoms with E-state index in [9.17, 15) is 31.5 Å². The molecule has 0 radical (unpaired) electrons. The zero-order chi connectivity index (χ0) is 32.3. The van der Waals surface area contributed by atoms with Crippen molar-refractivity contribution < 1.29 is 41.3 Å². The molecule has 0 fully saturated rings. The number of alkyl halides is 3. The molecule has 0 saturated carbocycles. The number of halogens is 3. The quantitative estimate of drug-likeness (QED) is 0.242. The Balaban J connectivity index is 1.43. The zero-order valence-corrected chi connectivity index (χ0v) is 25.6. The highest BCUT2D eigenvalue weighted by Gasteiger charge is 2.36. The summed E-state index contributed by atoms with van der Waals surface area (Å²) >= 11 is 0. The molecule has 44 heavy (non-hydrogen) atoms. The third-order valence-electron chi connectivity index (χ3n) is 7.72. The fraction of sp³-hybridized carbons (Fsp3) is 0.406. The number of carboxylic acids is 1. The van der Waals surface area contributed by atoms with Gasteiger partial charge in [-0.1, -0.05) is 54.6 Å². The summed E-state index contributed by atoms with van der Waals surface area (Å²) in [5, 5.41) is 23.0. The van der Waals surface area contributed by atoms with Crippen molar-refractivity contribution in [1.29, 1.82) is 0 Å². The number of carboxylic acid groups (broad SMARTS) is 1. The van der Waals surface area contributed by atoms with Crippen molar-refractivity contribution in [2.75, 3.05) is 20.1 Å². The first kappa shape index (κ1) is 33.4. The number of nitrogens with one attached hydrogen (secondary N) is 1. The highest BCUT2D eigenvalue weighted by Crippen LogP contribution is 2.36. The first-order valence-electron chi connectivity index (χ1n) is 14.2. The van der Waals surface area contributed by atoms with Gasteiger partial charge in [-0.05, 0) is 79.0 Å². The van der Waals surface area contributed by atoms with Crippen molar-refractivity contribution in [3.63, 3.8) is 0 Å². The van der Waals surface area contributed by atoms with Crippen molar-refractivity contribution in [1.82, 2.24) is 9.62 Å². The van der Waals surface area contributed by atoms with Gasteiger partial charge >= 0.3 is 12.3 Å². The number of hydrogen-bond acceptors (Lipinski definition) is 6. The molecule has 0 amide bonds. The summed E-state index contributed by atoms with van der Waals surface area (Å²) in [6.07, 6.45) is -3.73. The van der Waals surface area contributed by atoms with E-state index in [4.69, 9.17) is 5.11 Å². The number of hydrogen-bond donors (Lipinski definition) is 3. The normalized spacial score (nSPS) is 14.9. The second-order valence-electron chi connectivity index (χ2n) is 11.9. The number of benzene rings is 3. The summed E-state index contributed by atoms with van der Waals surface area (Å²) < 4.78 is 71.7. The third-order valence-corrected chi connectivity index (χ3v) is 9.58. The van der Waals surface area contributed by atoms with E-state index in [-0.39, 0.29) is 30.6 Å². The maximum Gasteiger partial charge on any atom is 0.573 e. The molecule has 0 aromatic heterocycles. The van der Waals surface area contributed by atoms with Gasteiger partial charge in [-0.2, -0.15) is 4.31 Å². The minimum Gasteiger partial charge on any atom is -0.481 e. The van der Waals surface area contributed by atoms with Crippen molar-refractivity contribution in [2.24, 2.45) is 5.92 Å². The first-order valence-corrected chi connectivity index (χ1v) is 15.6. The Kier molecular flexibility index (Phi) is 10.1. The van der Waals surface area contributed by atoms with E-state index < -0.39 is 39.1 Å². The van der Waals surface area contributed by atoms with Crippen LogP contribution in [0.4, 0.5) is 13.2 Å². The van der Waals surface area contributed by atoms with Crippen LogP contribution in [0.25, 0.3) is 11.1 Å². The number of sulfonamides is 1. The van der Waals surface area contributed by atoms with E-state index in [1.54, 1.807) is 0 Å². The number of likely N-dealkylation sites (N-methyl/N-ethyl adjacent to an activating group) is 1. The van der Waals surface area contributed by atoms with Gasteiger partial charge in [0.15, 0.2) is 0 Å². The van der Waals surface area contributed by atoms with E-state index in [0.717, 1.165) is 35.7 Å². The monoisotopic (exact) mass is 634 g/mol. The second-order valence-corrected chi connectivity index (χ2v) is 13.9. The van der Waals surface area contributed by atoms with Crippen LogP contribution in [0.2, 0.25) is 0 Å². The first-order chi connectivity index (χ1) is 20.5. The Bertz CT molecular complexity index is 1550. The summed E-state index contributed by atoms with van der Waals surface area (Å²) in [7, 11) is -3.32. The molecule has 0 saturated heterocycles. The molecule has 3 aromatic rings. The predicted molar refractivity (Wildman–Crippen MR) is 160 cm³/mol. The lowest BCUT2D eigenvalue weighted by atomic mass is 9.88. The summed E-state index contributed by atoms with van der Waals surface area (Å²) in [6, 6.07) is 17.8. The summed E-state index contributed by atoms with van der Waals surface area (Å²) in [5.41, 5.74) is 3.51. The van der Waals surface area contributed by atoms with Crippen LogP contribution in [0, 0.1) is 5.92 Å². The Hall–Kier alpha value is -3.45. The molecule has 4 rings (SSSR count). The number of β-amino-alcohol motifs (C(OH)–C–C–N with tert-alkyl or cyclic N) is 1. The maximum atomic E-state index is 13.4. The number of aliphatic carboxylic acids is 1. The molecule has 1 atom stereocenters. The lowest BCUT2D eigenvalue weighted by molar-refractivity contribution is -0.275. The van der Waals surface area contributed by atoms with Gasteiger partial charge in [0.05, 0.1) is 12.5 Å². The standard InChI is InChI=1S/C32H37F3N2O6S/c1-31(2,18-22-14-24-6-4-5-7-25(24)15-22)36-19-27(38)20-37(3)44(41,42)29-13-12-26(17-28(29)43-32(33,34)35)23-10-8-21(9-11-23)16-30(39)40/h4-13,17,22,27,36,38H,14-16,18-20H2,1-3H3,(H,39,40)/t27-/m1/s1. The van der Waals surface area contributed by atoms with Crippen LogP contribution in [0.5, 0.6) is 5.75 Å². The van der Waals surface area contributed by atoms with Crippen LogP contribution in [0.3, 0.4) is 0 Å². The van der Waals surface area contributed by atoms with E-state index in [1.807, 2.05) is 26.0 Å². The summed E-state index contributed by atoms with van der Waals surface area (Å²) in [4.78, 5) is 10.2. The molecule has 1 aliphatic rings. The molecular formula is C32H37F3N2O6S. The summed E-state index contributed by atoms with van der Waals surface area (Å²) in [6.45, 7) is 3.75. The van der Waals surface area contributed by atoms with E-state index in [1.165, 1.54) is 48.5 Å². The molecule has 3 N–H and O–H groups in total. The Morgan fingerprint density at radius 3 is 2.18 bits per heavy atom. The molecule has 12 heteroatoms. The largest absolute Gasteiger partial charge is 0.573 e. The number of rotatable bonds is 13. The smallest absolute Gasteiger partial charge is 0.481 e. The Morgan fingerprint density at radius 1 is 1.02 bits per heavy atom. The van der Waals surface area contributed by atoms with Crippen LogP contribution in [-0.4, -0.2) is 67.0 Å². The van der Waals surface area contributed by atoms with Crippen LogP contribution < -0.4 is 10.1 Å². The molecule has 0 aliphatic heterocycles. The molecule has 0 unspecified atom stereocenters. The highest BCUT2D eigenvalue weighted by atomic mass is 32.2. The minimum absolute atomic E-state index is 0.0786. The van der Waals surface area contributed by atoms with E-state index in [0.29, 0.717) is 17.0 Å². The molecule has 0 heterocycles. The molecule has 0 bridgehead atoms. The lowest BCUT2D eigenvalue weighted by Crippen LogP contribution is -2.47. The number of carbonyl (C=O) groups is 1. The third kappa shape index (κ3) is 8.81. The molecule has 3 aromatic carbocycles. The Labute approximate surface area is 255 Å². The van der Waals surface area contributed by atoms with Crippen LogP contribution >= 0.6 is 0 Å². The maximum absolute atomic E-state index is 13.4. The van der Waals surface area contributed by atoms with Gasteiger partial charge in [0.25, 0.3) is 0 Å². The van der Waals surface area contributed by atoms with Gasteiger partial charge in [0.2, 0.25) is 10.0 Å². The molecule has 238 valence electrons. The number of fused-ring (bicyclic) bond motifs is 1. The molecule has 0 spiro atoms. The molecular weight excluding hydrogens is 597 g/mol. The molecule has 1 aliphatic carbocycles. The van der Waals surface area contributed by atoms with E-state index in [2.05, 4.69) is 22.2 Å². The molecule has 8 nitrogen and oxygen atoms in total. The highest BCUT2D eigenvalue weighted by molar-refractivity contribution is 7.89. The number of aliphatic hydroxyl groups is 1. The lowest BCUT2D eigenvalue weighted by Gasteiger charge is -2.31. The predicted octanol–water partition coefficient (Wildman–Crippen LogP) is 5.03. The number of aliphatic hydroxyl groups excluding tert-OH is 1. The average molecular weight is 635 g/mol. The van der Waals surface area contributed by atoms with Gasteiger partial charge in [-0.15, -0.1) is 13.2 Å². The number of ether oxygens (including phenoxy) is 1. The van der Waals surface area contributed by atoms with Gasteiger partial charge < -0.3 is 20.3 Å². The van der Waals surface area contributed by atoms with Crippen molar-refractivity contribution in [3.05, 3.63) is 83.4 Å². The van der Waals surface area contributed by atoms with Crippen molar-refractivity contribution in [3.8, 4) is 16.9 Å². The van der Waals surface area contributed by atoms with Gasteiger partial charge in [-0.25, -0.2) is 8.42 Å². The second kappa shape index (κ2) is 13.3. The van der Waals surface area contributed by atoms with Crippen molar-refractivity contribution >= 4 is 16.0 Å². The van der Waals surface area contributed by atoms with Gasteiger partial charge in [0.1, 0.15) is 10.6 Å². The summed E-state index contributed by atoms with van der Waals surface area (Å²) in [5.74, 6) is -1.51. The van der Waals surface area contributed by atoms with Crippen molar-refractivity contribution in [2.45, 2.75) is 62.4 Å². The number of nitrogens with zero attached hydrogens (tertiary/aromatic N) is 1. The zero-order valence-electron chi connectivity index (χ0n) is 24.8. The van der Waals surface area contributed by atoms with Crippen LogP contribution in [0.1, 0.15) is 37.0 Å². The topological polar surface area (TPSA) is 116 Å².